The first-order valence-corrected chi connectivity index (χ1v) is 11.3. The summed E-state index contributed by atoms with van der Waals surface area (Å²) in [5.74, 6) is 1.30. The summed E-state index contributed by atoms with van der Waals surface area (Å²) in [5.41, 5.74) is 0.671. The zero-order valence-corrected chi connectivity index (χ0v) is 17.0. The van der Waals surface area contributed by atoms with E-state index in [2.05, 4.69) is 24.2 Å². The molecular weight excluding hydrogens is 370 g/mol. The van der Waals surface area contributed by atoms with Crippen molar-refractivity contribution in [1.82, 2.24) is 14.4 Å². The first kappa shape index (κ1) is 18.2. The van der Waals surface area contributed by atoms with Crippen molar-refractivity contribution in [2.75, 3.05) is 21.1 Å². The smallest absolute Gasteiger partial charge is 0.252 e. The van der Waals surface area contributed by atoms with E-state index >= 15 is 0 Å². The lowest BCUT2D eigenvalue weighted by molar-refractivity contribution is 0.268. The minimum atomic E-state index is -3.47. The Morgan fingerprint density at radius 1 is 1.04 bits per heavy atom. The maximum atomic E-state index is 13.1. The summed E-state index contributed by atoms with van der Waals surface area (Å²) in [7, 11) is 2.55. The Kier molecular flexibility index (Phi) is 4.71. The molecule has 0 amide bonds. The second-order valence-electron chi connectivity index (χ2n) is 7.76. The molecule has 0 aromatic carbocycles. The number of hydrogen-bond acceptors (Lipinski definition) is 6. The first-order chi connectivity index (χ1) is 12.4. The number of aromatic nitrogens is 1. The highest BCUT2D eigenvalue weighted by Crippen LogP contribution is 2.47. The van der Waals surface area contributed by atoms with Gasteiger partial charge in [0.2, 0.25) is 0 Å². The molecule has 2 heterocycles. The van der Waals surface area contributed by atoms with Crippen LogP contribution >= 0.6 is 11.3 Å². The van der Waals surface area contributed by atoms with E-state index in [4.69, 9.17) is 4.52 Å². The molecule has 0 aliphatic heterocycles. The Balaban J connectivity index is 1.48. The van der Waals surface area contributed by atoms with Gasteiger partial charge >= 0.3 is 0 Å². The molecule has 2 aliphatic carbocycles. The van der Waals surface area contributed by atoms with Gasteiger partial charge in [-0.25, -0.2) is 8.42 Å². The third-order valence-electron chi connectivity index (χ3n) is 6.12. The summed E-state index contributed by atoms with van der Waals surface area (Å²) in [6.45, 7) is 0. The summed E-state index contributed by atoms with van der Waals surface area (Å²) < 4.78 is 33.0. The molecular formula is C18H25N3O3S2. The predicted molar refractivity (Wildman–Crippen MR) is 101 cm³/mol. The largest absolute Gasteiger partial charge is 0.364 e. The lowest BCUT2D eigenvalue weighted by atomic mass is 10.0. The van der Waals surface area contributed by atoms with Crippen molar-refractivity contribution < 1.29 is 12.9 Å². The molecule has 2 aromatic heterocycles. The van der Waals surface area contributed by atoms with Gasteiger partial charge in [-0.05, 0) is 63.7 Å². The summed E-state index contributed by atoms with van der Waals surface area (Å²) in [6.07, 6.45) is 5.83. The van der Waals surface area contributed by atoms with Crippen molar-refractivity contribution in [3.05, 3.63) is 24.5 Å². The van der Waals surface area contributed by atoms with Gasteiger partial charge in [-0.15, -0.1) is 11.3 Å². The zero-order valence-electron chi connectivity index (χ0n) is 15.3. The van der Waals surface area contributed by atoms with E-state index in [1.54, 1.807) is 29.6 Å². The first-order valence-electron chi connectivity index (χ1n) is 9.01. The second-order valence-corrected chi connectivity index (χ2v) is 11.1. The minimum Gasteiger partial charge on any atom is -0.364 e. The number of thiophene rings is 1. The monoisotopic (exact) mass is 395 g/mol. The van der Waals surface area contributed by atoms with Crippen molar-refractivity contribution >= 4 is 21.4 Å². The van der Waals surface area contributed by atoms with Crippen molar-refractivity contribution in [3.8, 4) is 10.6 Å². The molecule has 0 N–H and O–H groups in total. The van der Waals surface area contributed by atoms with E-state index in [1.165, 1.54) is 30.4 Å². The summed E-state index contributed by atoms with van der Waals surface area (Å²) >= 11 is 1.25. The van der Waals surface area contributed by atoms with E-state index in [0.29, 0.717) is 27.8 Å². The maximum absolute atomic E-state index is 13.1. The average molecular weight is 396 g/mol. The van der Waals surface area contributed by atoms with Crippen molar-refractivity contribution in [1.29, 1.82) is 0 Å². The van der Waals surface area contributed by atoms with Crippen LogP contribution in [0.25, 0.3) is 10.6 Å². The Labute approximate surface area is 158 Å². The topological polar surface area (TPSA) is 66.7 Å². The second kappa shape index (κ2) is 6.74. The molecule has 26 heavy (non-hydrogen) atoms. The summed E-state index contributed by atoms with van der Waals surface area (Å²) in [4.78, 5) is 3.12. The Morgan fingerprint density at radius 2 is 1.69 bits per heavy atom. The van der Waals surface area contributed by atoms with Gasteiger partial charge in [0.25, 0.3) is 10.0 Å². The van der Waals surface area contributed by atoms with Crippen LogP contribution in [0.3, 0.4) is 0 Å². The average Bonchev–Trinajstić information content (AvgIpc) is 3.35. The molecule has 2 saturated carbocycles. The minimum absolute atomic E-state index is 0.107. The molecule has 0 radical (unpaired) electrons. The number of sulfonamides is 1. The van der Waals surface area contributed by atoms with Crippen LogP contribution in [-0.2, 0) is 10.0 Å². The molecule has 4 rings (SSSR count). The fourth-order valence-corrected chi connectivity index (χ4v) is 7.38. The Hall–Kier alpha value is -1.22. The molecule has 0 spiro atoms. The number of nitrogens with zero attached hydrogens (tertiary/aromatic N) is 3. The van der Waals surface area contributed by atoms with Gasteiger partial charge < -0.3 is 9.42 Å². The van der Waals surface area contributed by atoms with Crippen LogP contribution in [0.1, 0.15) is 25.7 Å². The lowest BCUT2D eigenvalue weighted by Crippen LogP contribution is -2.36. The molecule has 0 bridgehead atoms. The third kappa shape index (κ3) is 3.13. The van der Waals surface area contributed by atoms with Gasteiger partial charge in [-0.3, -0.25) is 0 Å². The van der Waals surface area contributed by atoms with Crippen molar-refractivity contribution in [2.45, 2.75) is 42.0 Å². The maximum Gasteiger partial charge on any atom is 0.252 e. The van der Waals surface area contributed by atoms with E-state index < -0.39 is 10.0 Å². The van der Waals surface area contributed by atoms with Gasteiger partial charge in [-0.1, -0.05) is 5.16 Å². The predicted octanol–water partition coefficient (Wildman–Crippen LogP) is 3.14. The van der Waals surface area contributed by atoms with E-state index in [9.17, 15) is 8.42 Å². The summed E-state index contributed by atoms with van der Waals surface area (Å²) in [6, 6.07) is 5.98. The van der Waals surface area contributed by atoms with E-state index in [-0.39, 0.29) is 6.04 Å². The fourth-order valence-electron chi connectivity index (χ4n) is 4.55. The van der Waals surface area contributed by atoms with Gasteiger partial charge in [0.1, 0.15) is 16.2 Å². The molecule has 6 nitrogen and oxygen atoms in total. The zero-order chi connectivity index (χ0) is 18.5. The van der Waals surface area contributed by atoms with Crippen LogP contribution in [0, 0.1) is 11.8 Å². The van der Waals surface area contributed by atoms with Crippen LogP contribution in [0.4, 0.5) is 0 Å². The Morgan fingerprint density at radius 3 is 2.27 bits per heavy atom. The van der Waals surface area contributed by atoms with Gasteiger partial charge in [-0.2, -0.15) is 4.31 Å². The molecule has 142 valence electrons. The van der Waals surface area contributed by atoms with Gasteiger partial charge in [0.15, 0.2) is 0 Å². The standard InChI is InChI=1S/C18H25N3O3S2/c1-20(2)14-8-12-10-15(11-13(12)9-14)21(3)26(22,23)18-5-4-17(25-18)16-6-7-24-19-16/h4-7,12-15H,8-11H2,1-3H3/t12-,13+,14?,15?. The van der Waals surface area contributed by atoms with Gasteiger partial charge in [0.05, 0.1) is 4.88 Å². The number of rotatable bonds is 5. The lowest BCUT2D eigenvalue weighted by Gasteiger charge is -2.26. The molecule has 2 aromatic rings. The van der Waals surface area contributed by atoms with Crippen LogP contribution < -0.4 is 0 Å². The molecule has 2 unspecified atom stereocenters. The number of hydrogen-bond donors (Lipinski definition) is 0. The van der Waals surface area contributed by atoms with Crippen LogP contribution in [-0.4, -0.2) is 56.0 Å². The third-order valence-corrected chi connectivity index (χ3v) is 9.60. The Bertz CT molecular complexity index is 846. The van der Waals surface area contributed by atoms with Crippen molar-refractivity contribution in [2.24, 2.45) is 11.8 Å². The van der Waals surface area contributed by atoms with E-state index in [1.807, 2.05) is 0 Å². The van der Waals surface area contributed by atoms with Crippen LogP contribution in [0.15, 0.2) is 33.2 Å². The molecule has 2 fully saturated rings. The van der Waals surface area contributed by atoms with Gasteiger partial charge in [0, 0.05) is 25.2 Å². The highest BCUT2D eigenvalue weighted by atomic mass is 32.2. The quantitative estimate of drug-likeness (QED) is 0.778. The molecule has 4 atom stereocenters. The summed E-state index contributed by atoms with van der Waals surface area (Å²) in [5, 5.41) is 3.89. The van der Waals surface area contributed by atoms with Crippen molar-refractivity contribution in [3.63, 3.8) is 0 Å². The molecule has 2 aliphatic rings. The highest BCUT2D eigenvalue weighted by Gasteiger charge is 2.45. The van der Waals surface area contributed by atoms with E-state index in [0.717, 1.165) is 17.7 Å². The number of fused-ring (bicyclic) bond motifs is 1. The van der Waals surface area contributed by atoms with Crippen LogP contribution in [0.2, 0.25) is 0 Å². The SMILES string of the molecule is CN(C)C1C[C@@H]2CC(N(C)S(=O)(=O)c3ccc(-c4ccon4)s3)C[C@@H]2C1. The molecule has 8 heteroatoms. The normalized spacial score (nSPS) is 29.0. The highest BCUT2D eigenvalue weighted by molar-refractivity contribution is 7.91. The molecule has 0 saturated heterocycles. The van der Waals surface area contributed by atoms with Crippen LogP contribution in [0.5, 0.6) is 0 Å². The fraction of sp³-hybridized carbons (Fsp3) is 0.611.